The summed E-state index contributed by atoms with van der Waals surface area (Å²) in [4.78, 5) is 22.1. The summed E-state index contributed by atoms with van der Waals surface area (Å²) in [6.07, 6.45) is 2.33. The van der Waals surface area contributed by atoms with E-state index in [-0.39, 0.29) is 5.91 Å². The zero-order valence-electron chi connectivity index (χ0n) is 13.5. The molecule has 5 heteroatoms. The summed E-state index contributed by atoms with van der Waals surface area (Å²) in [5.74, 6) is 0.148. The summed E-state index contributed by atoms with van der Waals surface area (Å²) < 4.78 is 0. The highest BCUT2D eigenvalue weighted by molar-refractivity contribution is 7.08. The number of aromatic nitrogens is 1. The third kappa shape index (κ3) is 2.58. The van der Waals surface area contributed by atoms with Gasteiger partial charge in [0.25, 0.3) is 5.91 Å². The van der Waals surface area contributed by atoms with Crippen LogP contribution in [-0.4, -0.2) is 52.9 Å². The SMILES string of the molecule is Cc1nc(-c2ccsc2)ccc1C(=O)N1CC2CCC1CN2C. The van der Waals surface area contributed by atoms with Gasteiger partial charge in [-0.15, -0.1) is 0 Å². The van der Waals surface area contributed by atoms with Crippen molar-refractivity contribution in [3.63, 3.8) is 0 Å². The van der Waals surface area contributed by atoms with Crippen LogP contribution >= 0.6 is 11.3 Å². The molecule has 3 saturated heterocycles. The molecule has 0 radical (unpaired) electrons. The molecule has 2 aromatic rings. The van der Waals surface area contributed by atoms with Crippen LogP contribution in [0.2, 0.25) is 0 Å². The van der Waals surface area contributed by atoms with Crippen molar-refractivity contribution in [1.82, 2.24) is 14.8 Å². The molecule has 0 saturated carbocycles. The fourth-order valence-corrected chi connectivity index (χ4v) is 4.45. The van der Waals surface area contributed by atoms with Crippen molar-refractivity contribution in [2.24, 2.45) is 0 Å². The van der Waals surface area contributed by atoms with Crippen molar-refractivity contribution in [2.75, 3.05) is 20.1 Å². The van der Waals surface area contributed by atoms with E-state index in [2.05, 4.69) is 33.3 Å². The number of carbonyl (C=O) groups excluding carboxylic acids is 1. The van der Waals surface area contributed by atoms with Crippen LogP contribution in [0.25, 0.3) is 11.3 Å². The van der Waals surface area contributed by atoms with Crippen LogP contribution in [0.3, 0.4) is 0 Å². The predicted molar refractivity (Wildman–Crippen MR) is 92.8 cm³/mol. The Hall–Kier alpha value is -1.72. The second kappa shape index (κ2) is 5.73. The lowest BCUT2D eigenvalue weighted by atomic mass is 9.90. The van der Waals surface area contributed by atoms with Gasteiger partial charge >= 0.3 is 0 Å². The summed E-state index contributed by atoms with van der Waals surface area (Å²) in [6.45, 7) is 3.79. The van der Waals surface area contributed by atoms with Gasteiger partial charge in [-0.1, -0.05) is 0 Å². The van der Waals surface area contributed by atoms with E-state index in [0.717, 1.165) is 42.0 Å². The van der Waals surface area contributed by atoms with E-state index >= 15 is 0 Å². The fourth-order valence-electron chi connectivity index (χ4n) is 3.80. The topological polar surface area (TPSA) is 36.4 Å². The monoisotopic (exact) mass is 327 g/mol. The van der Waals surface area contributed by atoms with E-state index in [4.69, 9.17) is 0 Å². The quantitative estimate of drug-likeness (QED) is 0.851. The summed E-state index contributed by atoms with van der Waals surface area (Å²) in [5.41, 5.74) is 3.64. The smallest absolute Gasteiger partial charge is 0.256 e. The molecule has 3 aliphatic rings. The molecule has 1 amide bonds. The number of piperidine rings is 2. The molecule has 3 fully saturated rings. The summed E-state index contributed by atoms with van der Waals surface area (Å²) in [6, 6.07) is 6.85. The normalized spacial score (nSPS) is 24.2. The van der Waals surface area contributed by atoms with Crippen LogP contribution in [0.1, 0.15) is 28.9 Å². The summed E-state index contributed by atoms with van der Waals surface area (Å²) in [7, 11) is 2.17. The van der Waals surface area contributed by atoms with Crippen LogP contribution < -0.4 is 0 Å². The Bertz CT molecular complexity index is 728. The number of nitrogens with zero attached hydrogens (tertiary/aromatic N) is 3. The largest absolute Gasteiger partial charge is 0.333 e. The van der Waals surface area contributed by atoms with Crippen molar-refractivity contribution >= 4 is 17.2 Å². The second-order valence-electron chi connectivity index (χ2n) is 6.62. The molecule has 4 nitrogen and oxygen atoms in total. The number of piperazine rings is 1. The lowest BCUT2D eigenvalue weighted by Gasteiger charge is -2.50. The molecule has 23 heavy (non-hydrogen) atoms. The minimum absolute atomic E-state index is 0.148. The van der Waals surface area contributed by atoms with Crippen molar-refractivity contribution < 1.29 is 4.79 Å². The molecular weight excluding hydrogens is 306 g/mol. The number of thiophene rings is 1. The van der Waals surface area contributed by atoms with E-state index in [9.17, 15) is 4.79 Å². The summed E-state index contributed by atoms with van der Waals surface area (Å²) in [5, 5.41) is 4.13. The molecule has 5 rings (SSSR count). The maximum Gasteiger partial charge on any atom is 0.256 e. The van der Waals surface area contributed by atoms with Gasteiger partial charge in [0.05, 0.1) is 17.0 Å². The van der Waals surface area contributed by atoms with E-state index in [1.807, 2.05) is 24.4 Å². The zero-order chi connectivity index (χ0) is 16.0. The highest BCUT2D eigenvalue weighted by atomic mass is 32.1. The molecule has 2 atom stereocenters. The molecule has 0 spiro atoms. The molecule has 2 unspecified atom stereocenters. The molecule has 2 bridgehead atoms. The first-order chi connectivity index (χ1) is 11.1. The van der Waals surface area contributed by atoms with Crippen LogP contribution in [0.5, 0.6) is 0 Å². The maximum atomic E-state index is 13.0. The van der Waals surface area contributed by atoms with Crippen LogP contribution in [0.4, 0.5) is 0 Å². The third-order valence-electron chi connectivity index (χ3n) is 5.20. The number of carbonyl (C=O) groups is 1. The Morgan fingerprint density at radius 1 is 1.22 bits per heavy atom. The van der Waals surface area contributed by atoms with Crippen molar-refractivity contribution in [2.45, 2.75) is 31.8 Å². The minimum Gasteiger partial charge on any atom is -0.333 e. The van der Waals surface area contributed by atoms with Crippen LogP contribution in [0.15, 0.2) is 29.0 Å². The number of amides is 1. The fraction of sp³-hybridized carbons (Fsp3) is 0.444. The predicted octanol–water partition coefficient (Wildman–Crippen LogP) is 3.04. The molecule has 0 N–H and O–H groups in total. The van der Waals surface area contributed by atoms with E-state index in [1.54, 1.807) is 11.3 Å². The van der Waals surface area contributed by atoms with E-state index < -0.39 is 0 Å². The Morgan fingerprint density at radius 2 is 2.04 bits per heavy atom. The Kier molecular flexibility index (Phi) is 3.70. The van der Waals surface area contributed by atoms with Crippen molar-refractivity contribution in [1.29, 1.82) is 0 Å². The lowest BCUT2D eigenvalue weighted by molar-refractivity contribution is -0.000158. The van der Waals surface area contributed by atoms with Gasteiger partial charge in [0.1, 0.15) is 0 Å². The first-order valence-electron chi connectivity index (χ1n) is 8.15. The molecule has 2 aromatic heterocycles. The molecule has 3 aliphatic heterocycles. The second-order valence-corrected chi connectivity index (χ2v) is 7.40. The number of hydrogen-bond acceptors (Lipinski definition) is 4. The van der Waals surface area contributed by atoms with E-state index in [1.165, 1.54) is 6.42 Å². The van der Waals surface area contributed by atoms with Crippen LogP contribution in [-0.2, 0) is 0 Å². The molecular formula is C18H21N3OS. The first-order valence-corrected chi connectivity index (χ1v) is 9.09. The van der Waals surface area contributed by atoms with Gasteiger partial charge in [0.2, 0.25) is 0 Å². The number of fused-ring (bicyclic) bond motifs is 3. The number of pyridine rings is 1. The molecule has 120 valence electrons. The highest BCUT2D eigenvalue weighted by Gasteiger charge is 2.39. The standard InChI is InChI=1S/C18H21N3OS/c1-12-16(5-6-17(19-12)13-7-8-23-11-13)18(22)21-10-14-3-4-15(21)9-20(14)2/h5-8,11,14-15H,3-4,9-10H2,1-2H3. The number of hydrogen-bond donors (Lipinski definition) is 0. The van der Waals surface area contributed by atoms with E-state index in [0.29, 0.717) is 12.1 Å². The molecule has 5 heterocycles. The number of likely N-dealkylation sites (N-methyl/N-ethyl adjacent to an activating group) is 1. The Balaban J connectivity index is 1.60. The van der Waals surface area contributed by atoms with Crippen molar-refractivity contribution in [3.05, 3.63) is 40.2 Å². The Morgan fingerprint density at radius 3 is 2.65 bits per heavy atom. The van der Waals surface area contributed by atoms with Crippen molar-refractivity contribution in [3.8, 4) is 11.3 Å². The molecule has 0 aliphatic carbocycles. The third-order valence-corrected chi connectivity index (χ3v) is 5.88. The lowest BCUT2D eigenvalue weighted by Crippen LogP contribution is -2.62. The highest BCUT2D eigenvalue weighted by Crippen LogP contribution is 2.30. The van der Waals surface area contributed by atoms with Gasteiger partial charge in [-0.25, -0.2) is 0 Å². The van der Waals surface area contributed by atoms with Gasteiger partial charge in [0, 0.05) is 36.1 Å². The summed E-state index contributed by atoms with van der Waals surface area (Å²) >= 11 is 1.66. The van der Waals surface area contributed by atoms with Gasteiger partial charge in [-0.2, -0.15) is 11.3 Å². The Labute approximate surface area is 140 Å². The van der Waals surface area contributed by atoms with Gasteiger partial charge in [-0.3, -0.25) is 14.7 Å². The number of rotatable bonds is 2. The first kappa shape index (κ1) is 14.8. The van der Waals surface area contributed by atoms with Gasteiger partial charge in [-0.05, 0) is 50.4 Å². The minimum atomic E-state index is 0.148. The number of aryl methyl sites for hydroxylation is 1. The average Bonchev–Trinajstić information content (AvgIpc) is 3.09. The molecule has 0 aromatic carbocycles. The van der Waals surface area contributed by atoms with Crippen LogP contribution in [0, 0.1) is 6.92 Å². The zero-order valence-corrected chi connectivity index (χ0v) is 14.3. The average molecular weight is 327 g/mol. The van der Waals surface area contributed by atoms with Gasteiger partial charge < -0.3 is 4.90 Å². The maximum absolute atomic E-state index is 13.0. The van der Waals surface area contributed by atoms with Gasteiger partial charge in [0.15, 0.2) is 0 Å².